The normalized spacial score (nSPS) is 18.6. The summed E-state index contributed by atoms with van der Waals surface area (Å²) in [5.41, 5.74) is 0.625. The average molecular weight is 482 g/mol. The van der Waals surface area contributed by atoms with Crippen LogP contribution < -0.4 is 20.3 Å². The number of nitrogens with one attached hydrogen (secondary N) is 2. The lowest BCUT2D eigenvalue weighted by molar-refractivity contribution is 0.0693. The van der Waals surface area contributed by atoms with Gasteiger partial charge in [0.2, 0.25) is 17.8 Å². The zero-order chi connectivity index (χ0) is 24.8. The van der Waals surface area contributed by atoms with Crippen molar-refractivity contribution < 1.29 is 14.6 Å². The Bertz CT molecular complexity index is 1050. The molecule has 0 amide bonds. The fourth-order valence-corrected chi connectivity index (χ4v) is 4.56. The number of carbonyl (C=O) groups is 1. The van der Waals surface area contributed by atoms with Crippen molar-refractivity contribution in [1.29, 1.82) is 0 Å². The van der Waals surface area contributed by atoms with Gasteiger partial charge >= 0.3 is 5.97 Å². The minimum absolute atomic E-state index is 0.0668. The van der Waals surface area contributed by atoms with Gasteiger partial charge in [-0.3, -0.25) is 0 Å². The van der Waals surface area contributed by atoms with E-state index in [1.54, 1.807) is 12.1 Å². The third-order valence-electron chi connectivity index (χ3n) is 6.65. The second kappa shape index (κ2) is 11.2. The van der Waals surface area contributed by atoms with Crippen LogP contribution in [0.1, 0.15) is 55.3 Å². The number of aromatic nitrogens is 3. The Labute approximate surface area is 206 Å². The van der Waals surface area contributed by atoms with Crippen LogP contribution in [0.25, 0.3) is 0 Å². The molecule has 2 aromatic rings. The summed E-state index contributed by atoms with van der Waals surface area (Å²) in [5, 5.41) is 16.2. The molecule has 0 bridgehead atoms. The highest BCUT2D eigenvalue weighted by atomic mass is 16.5. The highest BCUT2D eigenvalue weighted by Crippen LogP contribution is 2.27. The van der Waals surface area contributed by atoms with Crippen molar-refractivity contribution in [2.75, 3.05) is 43.3 Å². The zero-order valence-electron chi connectivity index (χ0n) is 20.7. The monoisotopic (exact) mass is 481 g/mol. The minimum Gasteiger partial charge on any atom is -0.496 e. The molecule has 0 spiro atoms. The van der Waals surface area contributed by atoms with Gasteiger partial charge in [-0.2, -0.15) is 15.0 Å². The molecule has 10 nitrogen and oxygen atoms in total. The van der Waals surface area contributed by atoms with Crippen LogP contribution in [-0.4, -0.2) is 70.8 Å². The fraction of sp³-hybridized carbons (Fsp3) is 0.520. The van der Waals surface area contributed by atoms with Gasteiger partial charge in [-0.15, -0.1) is 0 Å². The first kappa shape index (κ1) is 24.6. The summed E-state index contributed by atoms with van der Waals surface area (Å²) in [6, 6.07) is 5.39. The van der Waals surface area contributed by atoms with Crippen LogP contribution in [0.4, 0.5) is 23.5 Å². The summed E-state index contributed by atoms with van der Waals surface area (Å²) in [6.45, 7) is 0.957. The van der Waals surface area contributed by atoms with Crippen LogP contribution in [0.2, 0.25) is 0 Å². The molecule has 1 unspecified atom stereocenters. The van der Waals surface area contributed by atoms with E-state index in [0.717, 1.165) is 25.8 Å². The second-order valence-electron chi connectivity index (χ2n) is 9.25. The van der Waals surface area contributed by atoms with Gasteiger partial charge in [-0.25, -0.2) is 4.79 Å². The molecule has 1 atom stereocenters. The molecule has 1 saturated carbocycles. The lowest BCUT2D eigenvalue weighted by Crippen LogP contribution is -2.37. The molecule has 1 aliphatic heterocycles. The van der Waals surface area contributed by atoms with E-state index in [4.69, 9.17) is 9.72 Å². The van der Waals surface area contributed by atoms with Crippen molar-refractivity contribution in [2.45, 2.75) is 57.0 Å². The first-order valence-corrected chi connectivity index (χ1v) is 12.3. The number of aromatic carboxylic acids is 1. The number of rotatable bonds is 8. The largest absolute Gasteiger partial charge is 0.496 e. The van der Waals surface area contributed by atoms with E-state index >= 15 is 0 Å². The van der Waals surface area contributed by atoms with Gasteiger partial charge in [0.15, 0.2) is 0 Å². The molecule has 1 fully saturated rings. The average Bonchev–Trinajstić information content (AvgIpc) is 3.12. The number of ether oxygens (including phenoxy) is 1. The molecule has 35 heavy (non-hydrogen) atoms. The molecular weight excluding hydrogens is 446 g/mol. The predicted molar refractivity (Wildman–Crippen MR) is 137 cm³/mol. The van der Waals surface area contributed by atoms with E-state index < -0.39 is 5.97 Å². The van der Waals surface area contributed by atoms with Crippen LogP contribution in [0.3, 0.4) is 0 Å². The van der Waals surface area contributed by atoms with Gasteiger partial charge in [0.1, 0.15) is 11.3 Å². The SMILES string of the molecule is COc1ccc(Nc2nc(NC3CCCCCC3)nc(N(C)C3C=CN(C)CC3)n2)cc1C(=O)O. The van der Waals surface area contributed by atoms with Crippen molar-refractivity contribution in [3.8, 4) is 5.75 Å². The maximum absolute atomic E-state index is 11.7. The number of hydrogen-bond acceptors (Lipinski definition) is 9. The van der Waals surface area contributed by atoms with E-state index in [1.807, 2.05) is 7.05 Å². The van der Waals surface area contributed by atoms with Crippen LogP contribution in [-0.2, 0) is 0 Å². The highest BCUT2D eigenvalue weighted by molar-refractivity contribution is 5.92. The van der Waals surface area contributed by atoms with Crippen LogP contribution >= 0.6 is 0 Å². The molecule has 4 rings (SSSR count). The van der Waals surface area contributed by atoms with Crippen molar-refractivity contribution >= 4 is 29.5 Å². The Morgan fingerprint density at radius 1 is 1.11 bits per heavy atom. The lowest BCUT2D eigenvalue weighted by atomic mass is 10.1. The smallest absolute Gasteiger partial charge is 0.339 e. The van der Waals surface area contributed by atoms with Crippen molar-refractivity contribution in [3.63, 3.8) is 0 Å². The van der Waals surface area contributed by atoms with Crippen LogP contribution in [0.15, 0.2) is 30.5 Å². The Morgan fingerprint density at radius 2 is 1.86 bits per heavy atom. The van der Waals surface area contributed by atoms with Crippen molar-refractivity contribution in [1.82, 2.24) is 19.9 Å². The van der Waals surface area contributed by atoms with Crippen LogP contribution in [0, 0.1) is 0 Å². The van der Waals surface area contributed by atoms with Crippen molar-refractivity contribution in [2.24, 2.45) is 0 Å². The fourth-order valence-electron chi connectivity index (χ4n) is 4.56. The first-order valence-electron chi connectivity index (χ1n) is 12.3. The maximum atomic E-state index is 11.7. The Hall–Kier alpha value is -3.56. The number of anilines is 4. The number of carboxylic acid groups (broad SMARTS) is 1. The second-order valence-corrected chi connectivity index (χ2v) is 9.25. The number of benzene rings is 1. The molecule has 2 heterocycles. The first-order chi connectivity index (χ1) is 16.9. The quantitative estimate of drug-likeness (QED) is 0.476. The predicted octanol–water partition coefficient (Wildman–Crippen LogP) is 4.11. The third-order valence-corrected chi connectivity index (χ3v) is 6.65. The molecule has 0 saturated heterocycles. The molecular formula is C25H35N7O3. The number of hydrogen-bond donors (Lipinski definition) is 3. The lowest BCUT2D eigenvalue weighted by Gasteiger charge is -2.31. The Balaban J connectivity index is 1.63. The van der Waals surface area contributed by atoms with Gasteiger partial charge in [0, 0.05) is 32.4 Å². The van der Waals surface area contributed by atoms with E-state index in [2.05, 4.69) is 49.7 Å². The van der Waals surface area contributed by atoms with Gasteiger partial charge in [-0.05, 0) is 49.7 Å². The van der Waals surface area contributed by atoms with E-state index in [1.165, 1.54) is 38.9 Å². The summed E-state index contributed by atoms with van der Waals surface area (Å²) in [5.74, 6) is 0.677. The van der Waals surface area contributed by atoms with Gasteiger partial charge in [0.25, 0.3) is 0 Å². The topological polar surface area (TPSA) is 116 Å². The molecule has 0 radical (unpaired) electrons. The summed E-state index contributed by atoms with van der Waals surface area (Å²) in [4.78, 5) is 29.9. The minimum atomic E-state index is -1.06. The summed E-state index contributed by atoms with van der Waals surface area (Å²) < 4.78 is 5.17. The number of carboxylic acids is 1. The molecule has 1 aliphatic carbocycles. The molecule has 188 valence electrons. The van der Waals surface area contributed by atoms with Gasteiger partial charge in [-0.1, -0.05) is 25.7 Å². The maximum Gasteiger partial charge on any atom is 0.339 e. The third kappa shape index (κ3) is 6.32. The van der Waals surface area contributed by atoms with E-state index in [-0.39, 0.29) is 11.6 Å². The Morgan fingerprint density at radius 3 is 2.51 bits per heavy atom. The molecule has 1 aromatic heterocycles. The highest BCUT2D eigenvalue weighted by Gasteiger charge is 2.21. The molecule has 2 aliphatic rings. The number of methoxy groups -OCH3 is 1. The Kier molecular flexibility index (Phi) is 7.89. The molecule has 3 N–H and O–H groups in total. The number of nitrogens with zero attached hydrogens (tertiary/aromatic N) is 5. The molecule has 10 heteroatoms. The van der Waals surface area contributed by atoms with E-state index in [0.29, 0.717) is 35.3 Å². The number of likely N-dealkylation sites (N-methyl/N-ethyl adjacent to an activating group) is 1. The molecule has 1 aromatic carbocycles. The van der Waals surface area contributed by atoms with Gasteiger partial charge in [0.05, 0.1) is 13.2 Å². The summed E-state index contributed by atoms with van der Waals surface area (Å²) in [6.07, 6.45) is 12.3. The van der Waals surface area contributed by atoms with Crippen molar-refractivity contribution in [3.05, 3.63) is 36.0 Å². The zero-order valence-corrected chi connectivity index (χ0v) is 20.7. The summed E-state index contributed by atoms with van der Waals surface area (Å²) in [7, 11) is 5.50. The van der Waals surface area contributed by atoms with Crippen LogP contribution in [0.5, 0.6) is 5.75 Å². The van der Waals surface area contributed by atoms with Gasteiger partial charge < -0.3 is 30.3 Å². The van der Waals surface area contributed by atoms with E-state index in [9.17, 15) is 9.90 Å². The standard InChI is InChI=1S/C25H35N7O3/c1-31-14-12-19(13-15-31)32(2)25-29-23(26-17-8-6-4-5-7-9-17)28-24(30-25)27-18-10-11-21(35-3)20(16-18)22(33)34/h10-12,14,16-17,19H,4-9,13,15H2,1-3H3,(H,33,34)(H2,26,27,28,29,30). The summed E-state index contributed by atoms with van der Waals surface area (Å²) >= 11 is 0.